The summed E-state index contributed by atoms with van der Waals surface area (Å²) >= 11 is 0. The summed E-state index contributed by atoms with van der Waals surface area (Å²) in [7, 11) is 1.50. The molecule has 0 unspecified atom stereocenters. The van der Waals surface area contributed by atoms with Crippen LogP contribution in [0.25, 0.3) is 0 Å². The number of hydrogen-bond acceptors (Lipinski definition) is 5. The standard InChI is InChI=1S/C13H17N3O5/c1-21-6-5-14-11(18)8-15-12(19)13(20)16-9-3-2-4-10(17)7-9/h2-4,7,17H,5-6,8H2,1H3,(H,14,18)(H,15,19)(H,16,20). The van der Waals surface area contributed by atoms with Gasteiger partial charge in [-0.25, -0.2) is 0 Å². The van der Waals surface area contributed by atoms with Gasteiger partial charge < -0.3 is 25.8 Å². The second-order valence-corrected chi connectivity index (χ2v) is 4.03. The molecule has 3 amide bonds. The summed E-state index contributed by atoms with van der Waals surface area (Å²) in [5.74, 6) is -2.33. The van der Waals surface area contributed by atoms with Gasteiger partial charge in [-0.2, -0.15) is 0 Å². The molecule has 0 radical (unpaired) electrons. The summed E-state index contributed by atoms with van der Waals surface area (Å²) in [6, 6.07) is 5.76. The van der Waals surface area contributed by atoms with Gasteiger partial charge in [0, 0.05) is 25.4 Å². The van der Waals surface area contributed by atoms with Gasteiger partial charge in [-0.05, 0) is 12.1 Å². The van der Waals surface area contributed by atoms with Crippen LogP contribution in [0, 0.1) is 0 Å². The minimum Gasteiger partial charge on any atom is -0.508 e. The Balaban J connectivity index is 2.34. The number of carbonyl (C=O) groups excluding carboxylic acids is 3. The highest BCUT2D eigenvalue weighted by Crippen LogP contribution is 2.14. The molecule has 8 heteroatoms. The molecule has 0 saturated carbocycles. The van der Waals surface area contributed by atoms with Crippen molar-refractivity contribution in [1.82, 2.24) is 10.6 Å². The molecule has 0 spiro atoms. The van der Waals surface area contributed by atoms with Gasteiger partial charge in [-0.1, -0.05) is 6.07 Å². The average molecular weight is 295 g/mol. The molecule has 114 valence electrons. The lowest BCUT2D eigenvalue weighted by atomic mass is 10.3. The monoisotopic (exact) mass is 295 g/mol. The van der Waals surface area contributed by atoms with E-state index in [1.807, 2.05) is 0 Å². The smallest absolute Gasteiger partial charge is 0.313 e. The van der Waals surface area contributed by atoms with Crippen molar-refractivity contribution in [3.8, 4) is 5.75 Å². The number of carbonyl (C=O) groups is 3. The molecule has 4 N–H and O–H groups in total. The van der Waals surface area contributed by atoms with Gasteiger partial charge in [-0.3, -0.25) is 14.4 Å². The number of hydrogen-bond donors (Lipinski definition) is 4. The molecule has 0 aliphatic heterocycles. The number of benzene rings is 1. The van der Waals surface area contributed by atoms with Crippen molar-refractivity contribution in [1.29, 1.82) is 0 Å². The number of anilines is 1. The Bertz CT molecular complexity index is 518. The third kappa shape index (κ3) is 6.39. The second-order valence-electron chi connectivity index (χ2n) is 4.03. The average Bonchev–Trinajstić information content (AvgIpc) is 2.45. The van der Waals surface area contributed by atoms with Gasteiger partial charge in [-0.15, -0.1) is 0 Å². The fourth-order valence-corrected chi connectivity index (χ4v) is 1.37. The van der Waals surface area contributed by atoms with E-state index in [1.165, 1.54) is 31.4 Å². The Kier molecular flexibility index (Phi) is 6.69. The van der Waals surface area contributed by atoms with Crippen molar-refractivity contribution in [3.63, 3.8) is 0 Å². The molecule has 0 aliphatic rings. The van der Waals surface area contributed by atoms with Crippen LogP contribution in [0.2, 0.25) is 0 Å². The predicted octanol–water partition coefficient (Wildman–Crippen LogP) is -0.790. The molecule has 1 aromatic rings. The number of ether oxygens (including phenoxy) is 1. The summed E-state index contributed by atoms with van der Waals surface area (Å²) in [6.07, 6.45) is 0. The van der Waals surface area contributed by atoms with E-state index in [0.717, 1.165) is 0 Å². The fraction of sp³-hybridized carbons (Fsp3) is 0.308. The molecule has 0 heterocycles. The van der Waals surface area contributed by atoms with E-state index in [1.54, 1.807) is 0 Å². The van der Waals surface area contributed by atoms with E-state index < -0.39 is 17.7 Å². The van der Waals surface area contributed by atoms with E-state index in [4.69, 9.17) is 4.74 Å². The van der Waals surface area contributed by atoms with Crippen LogP contribution in [0.3, 0.4) is 0 Å². The second kappa shape index (κ2) is 8.54. The third-order valence-corrected chi connectivity index (χ3v) is 2.35. The molecule has 1 rings (SSSR count). The quantitative estimate of drug-likeness (QED) is 0.405. The molecular formula is C13H17N3O5. The van der Waals surface area contributed by atoms with E-state index in [2.05, 4.69) is 16.0 Å². The van der Waals surface area contributed by atoms with E-state index in [9.17, 15) is 19.5 Å². The normalized spacial score (nSPS) is 9.76. The number of phenols is 1. The zero-order chi connectivity index (χ0) is 15.7. The Morgan fingerprint density at radius 2 is 1.95 bits per heavy atom. The van der Waals surface area contributed by atoms with Crippen molar-refractivity contribution < 1.29 is 24.2 Å². The topological polar surface area (TPSA) is 117 Å². The maximum atomic E-state index is 11.5. The van der Waals surface area contributed by atoms with Gasteiger partial charge in [0.1, 0.15) is 5.75 Å². The van der Waals surface area contributed by atoms with Crippen LogP contribution in [0.5, 0.6) is 5.75 Å². The van der Waals surface area contributed by atoms with Crippen LogP contribution >= 0.6 is 0 Å². The predicted molar refractivity (Wildman–Crippen MR) is 74.6 cm³/mol. The number of nitrogens with one attached hydrogen (secondary N) is 3. The molecule has 21 heavy (non-hydrogen) atoms. The van der Waals surface area contributed by atoms with Crippen LogP contribution in [0.15, 0.2) is 24.3 Å². The molecule has 0 fully saturated rings. The van der Waals surface area contributed by atoms with Crippen molar-refractivity contribution in [2.75, 3.05) is 32.1 Å². The van der Waals surface area contributed by atoms with Gasteiger partial charge in [0.2, 0.25) is 5.91 Å². The van der Waals surface area contributed by atoms with Crippen LogP contribution in [0.4, 0.5) is 5.69 Å². The summed E-state index contributed by atoms with van der Waals surface area (Å²) in [5.41, 5.74) is 0.277. The van der Waals surface area contributed by atoms with Gasteiger partial charge in [0.05, 0.1) is 13.2 Å². The fourth-order valence-electron chi connectivity index (χ4n) is 1.37. The van der Waals surface area contributed by atoms with Gasteiger partial charge in [0.15, 0.2) is 0 Å². The van der Waals surface area contributed by atoms with E-state index in [-0.39, 0.29) is 18.0 Å². The van der Waals surface area contributed by atoms with Crippen LogP contribution < -0.4 is 16.0 Å². The molecule has 0 saturated heterocycles. The largest absolute Gasteiger partial charge is 0.508 e. The first-order chi connectivity index (χ1) is 10.0. The Hall–Kier alpha value is -2.61. The molecule has 1 aromatic carbocycles. The summed E-state index contributed by atoms with van der Waals surface area (Å²) < 4.78 is 4.75. The van der Waals surface area contributed by atoms with Crippen molar-refractivity contribution in [3.05, 3.63) is 24.3 Å². The van der Waals surface area contributed by atoms with E-state index >= 15 is 0 Å². The first-order valence-electron chi connectivity index (χ1n) is 6.16. The molecule has 0 aromatic heterocycles. The number of methoxy groups -OCH3 is 1. The minimum absolute atomic E-state index is 0.0364. The highest BCUT2D eigenvalue weighted by molar-refractivity contribution is 6.39. The summed E-state index contributed by atoms with van der Waals surface area (Å²) in [5, 5.41) is 16.2. The van der Waals surface area contributed by atoms with Crippen molar-refractivity contribution in [2.24, 2.45) is 0 Å². The lowest BCUT2D eigenvalue weighted by Gasteiger charge is -2.07. The first kappa shape index (κ1) is 16.4. The zero-order valence-electron chi connectivity index (χ0n) is 11.5. The molecular weight excluding hydrogens is 278 g/mol. The van der Waals surface area contributed by atoms with Crippen LogP contribution in [-0.4, -0.2) is 49.6 Å². The third-order valence-electron chi connectivity index (χ3n) is 2.35. The number of amides is 3. The Morgan fingerprint density at radius 3 is 2.62 bits per heavy atom. The number of phenolic OH excluding ortho intramolecular Hbond substituents is 1. The SMILES string of the molecule is COCCNC(=O)CNC(=O)C(=O)Nc1cccc(O)c1. The van der Waals surface area contributed by atoms with E-state index in [0.29, 0.717) is 13.2 Å². The zero-order valence-corrected chi connectivity index (χ0v) is 11.5. The van der Waals surface area contributed by atoms with Crippen molar-refractivity contribution in [2.45, 2.75) is 0 Å². The first-order valence-corrected chi connectivity index (χ1v) is 6.16. The Labute approximate surface area is 121 Å². The molecule has 0 bridgehead atoms. The number of rotatable bonds is 6. The number of aromatic hydroxyl groups is 1. The highest BCUT2D eigenvalue weighted by Gasteiger charge is 2.14. The van der Waals surface area contributed by atoms with Crippen molar-refractivity contribution >= 4 is 23.4 Å². The summed E-state index contributed by atoms with van der Waals surface area (Å²) in [6.45, 7) is 0.369. The van der Waals surface area contributed by atoms with Crippen LogP contribution in [0.1, 0.15) is 0 Å². The Morgan fingerprint density at radius 1 is 1.19 bits per heavy atom. The van der Waals surface area contributed by atoms with Gasteiger partial charge in [0.25, 0.3) is 0 Å². The van der Waals surface area contributed by atoms with Crippen LogP contribution in [-0.2, 0) is 19.1 Å². The molecule has 0 atom stereocenters. The highest BCUT2D eigenvalue weighted by atomic mass is 16.5. The summed E-state index contributed by atoms with van der Waals surface area (Å²) in [4.78, 5) is 34.3. The maximum absolute atomic E-state index is 11.5. The molecule has 8 nitrogen and oxygen atoms in total. The lowest BCUT2D eigenvalue weighted by molar-refractivity contribution is -0.136. The lowest BCUT2D eigenvalue weighted by Crippen LogP contribution is -2.42. The minimum atomic E-state index is -0.944. The molecule has 0 aliphatic carbocycles. The van der Waals surface area contributed by atoms with Gasteiger partial charge >= 0.3 is 11.8 Å². The maximum Gasteiger partial charge on any atom is 0.313 e.